The third kappa shape index (κ3) is 4.36. The summed E-state index contributed by atoms with van der Waals surface area (Å²) in [4.78, 5) is 25.2. The molecule has 7 heteroatoms. The molecule has 2 aromatic heterocycles. The molecule has 0 saturated carbocycles. The van der Waals surface area contributed by atoms with E-state index in [9.17, 15) is 9.18 Å². The predicted octanol–water partition coefficient (Wildman–Crippen LogP) is 5.01. The molecule has 1 N–H and O–H groups in total. The van der Waals surface area contributed by atoms with E-state index in [2.05, 4.69) is 22.2 Å². The first kappa shape index (κ1) is 20.5. The Morgan fingerprint density at radius 3 is 2.80 bits per heavy atom. The van der Waals surface area contributed by atoms with Gasteiger partial charge in [0, 0.05) is 19.3 Å². The number of carbonyl (C=O) groups is 1. The number of benzene rings is 1. The molecule has 2 atom stereocenters. The summed E-state index contributed by atoms with van der Waals surface area (Å²) in [6.07, 6.45) is 3.81. The highest BCUT2D eigenvalue weighted by atomic mass is 32.1. The average Bonchev–Trinajstić information content (AvgIpc) is 3.15. The van der Waals surface area contributed by atoms with Crippen LogP contribution in [0, 0.1) is 18.7 Å². The lowest BCUT2D eigenvalue weighted by Crippen LogP contribution is -2.51. The molecule has 5 nitrogen and oxygen atoms in total. The van der Waals surface area contributed by atoms with Gasteiger partial charge in [-0.05, 0) is 55.5 Å². The van der Waals surface area contributed by atoms with Crippen LogP contribution in [0.5, 0.6) is 0 Å². The van der Waals surface area contributed by atoms with Gasteiger partial charge in [-0.2, -0.15) is 0 Å². The van der Waals surface area contributed by atoms with Crippen molar-refractivity contribution in [2.45, 2.75) is 32.7 Å². The molecule has 1 amide bonds. The summed E-state index contributed by atoms with van der Waals surface area (Å²) in [5, 5.41) is 4.20. The van der Waals surface area contributed by atoms with E-state index in [0.717, 1.165) is 34.1 Å². The average molecular weight is 425 g/mol. The van der Waals surface area contributed by atoms with Crippen molar-refractivity contribution in [3.05, 3.63) is 65.2 Å². The monoisotopic (exact) mass is 424 g/mol. The van der Waals surface area contributed by atoms with Gasteiger partial charge in [0.05, 0.1) is 15.9 Å². The zero-order valence-electron chi connectivity index (χ0n) is 17.1. The molecule has 0 spiro atoms. The van der Waals surface area contributed by atoms with Gasteiger partial charge in [0.25, 0.3) is 5.91 Å². The first-order chi connectivity index (χ1) is 14.5. The number of hydrogen-bond acceptors (Lipinski definition) is 5. The maximum absolute atomic E-state index is 13.6. The van der Waals surface area contributed by atoms with Crippen LogP contribution >= 0.6 is 11.3 Å². The zero-order valence-corrected chi connectivity index (χ0v) is 18.0. The number of aromatic nitrogens is 2. The molecular formula is C23H25FN4OS. The van der Waals surface area contributed by atoms with Gasteiger partial charge in [0.15, 0.2) is 0 Å². The summed E-state index contributed by atoms with van der Waals surface area (Å²) in [6.45, 7) is 5.43. The fourth-order valence-electron chi connectivity index (χ4n) is 3.99. The van der Waals surface area contributed by atoms with Gasteiger partial charge in [0.2, 0.25) is 0 Å². The van der Waals surface area contributed by atoms with E-state index in [-0.39, 0.29) is 17.8 Å². The second kappa shape index (κ2) is 8.92. The highest BCUT2D eigenvalue weighted by Crippen LogP contribution is 2.33. The highest BCUT2D eigenvalue weighted by Gasteiger charge is 2.34. The van der Waals surface area contributed by atoms with Crippen molar-refractivity contribution in [3.63, 3.8) is 0 Å². The van der Waals surface area contributed by atoms with Crippen molar-refractivity contribution in [2.75, 3.05) is 18.4 Å². The van der Waals surface area contributed by atoms with Crippen LogP contribution in [0.25, 0.3) is 10.4 Å². The van der Waals surface area contributed by atoms with E-state index in [1.807, 2.05) is 30.0 Å². The minimum absolute atomic E-state index is 0.0522. The minimum Gasteiger partial charge on any atom is -0.368 e. The van der Waals surface area contributed by atoms with E-state index < -0.39 is 0 Å². The van der Waals surface area contributed by atoms with Crippen LogP contribution in [0.2, 0.25) is 0 Å². The maximum atomic E-state index is 13.6. The summed E-state index contributed by atoms with van der Waals surface area (Å²) < 4.78 is 13.4. The third-order valence-electron chi connectivity index (χ3n) is 5.58. The molecule has 156 valence electrons. The SMILES string of the molecule is Cc1nc(C(=O)N2CCC[C@@H](C)[C@H]2CNc2ccccn2)c(-c2ccc(F)cc2)s1. The van der Waals surface area contributed by atoms with Crippen molar-refractivity contribution >= 4 is 23.1 Å². The van der Waals surface area contributed by atoms with Crippen molar-refractivity contribution in [3.8, 4) is 10.4 Å². The number of piperidine rings is 1. The van der Waals surface area contributed by atoms with Crippen LogP contribution < -0.4 is 5.32 Å². The van der Waals surface area contributed by atoms with E-state index >= 15 is 0 Å². The molecule has 0 bridgehead atoms. The van der Waals surface area contributed by atoms with Gasteiger partial charge in [-0.3, -0.25) is 4.79 Å². The number of amides is 1. The number of hydrogen-bond donors (Lipinski definition) is 1. The summed E-state index contributed by atoms with van der Waals surface area (Å²) in [7, 11) is 0. The molecule has 0 unspecified atom stereocenters. The molecule has 1 aromatic carbocycles. The number of carbonyl (C=O) groups excluding carboxylic acids is 1. The van der Waals surface area contributed by atoms with Gasteiger partial charge in [0.1, 0.15) is 17.3 Å². The fourth-order valence-corrected chi connectivity index (χ4v) is 4.91. The molecular weight excluding hydrogens is 399 g/mol. The number of likely N-dealkylation sites (tertiary alicyclic amines) is 1. The normalized spacial score (nSPS) is 19.0. The largest absolute Gasteiger partial charge is 0.368 e. The summed E-state index contributed by atoms with van der Waals surface area (Å²) >= 11 is 1.47. The Bertz CT molecular complexity index is 1010. The second-order valence-corrected chi connectivity index (χ2v) is 8.90. The highest BCUT2D eigenvalue weighted by molar-refractivity contribution is 7.15. The molecule has 1 aliphatic rings. The maximum Gasteiger partial charge on any atom is 0.274 e. The molecule has 0 aliphatic carbocycles. The topological polar surface area (TPSA) is 58.1 Å². The van der Waals surface area contributed by atoms with Gasteiger partial charge in [-0.1, -0.05) is 25.1 Å². The predicted molar refractivity (Wildman–Crippen MR) is 118 cm³/mol. The van der Waals surface area contributed by atoms with E-state index in [1.54, 1.807) is 18.3 Å². The van der Waals surface area contributed by atoms with Crippen LogP contribution in [0.15, 0.2) is 48.7 Å². The first-order valence-electron chi connectivity index (χ1n) is 10.2. The smallest absolute Gasteiger partial charge is 0.274 e. The molecule has 1 aliphatic heterocycles. The summed E-state index contributed by atoms with van der Waals surface area (Å²) in [6, 6.07) is 12.0. The molecule has 4 rings (SSSR count). The van der Waals surface area contributed by atoms with E-state index in [4.69, 9.17) is 0 Å². The Morgan fingerprint density at radius 1 is 1.27 bits per heavy atom. The quantitative estimate of drug-likeness (QED) is 0.626. The lowest BCUT2D eigenvalue weighted by Gasteiger charge is -2.40. The van der Waals surface area contributed by atoms with Gasteiger partial charge in [-0.25, -0.2) is 14.4 Å². The molecule has 3 aromatic rings. The van der Waals surface area contributed by atoms with E-state index in [1.165, 1.54) is 23.5 Å². The number of nitrogens with one attached hydrogen (secondary N) is 1. The first-order valence-corrected chi connectivity index (χ1v) is 11.0. The minimum atomic E-state index is -0.293. The lowest BCUT2D eigenvalue weighted by molar-refractivity contribution is 0.0535. The standard InChI is InChI=1S/C23H25FN4OS/c1-15-6-5-13-28(19(15)14-26-20-7-3-4-12-25-20)23(29)21-22(30-16(2)27-21)17-8-10-18(24)11-9-17/h3-4,7-12,15,19H,5-6,13-14H2,1-2H3,(H,25,26)/t15-,19-/m1/s1. The van der Waals surface area contributed by atoms with Crippen LogP contribution in [0.3, 0.4) is 0 Å². The lowest BCUT2D eigenvalue weighted by atomic mass is 9.90. The van der Waals surface area contributed by atoms with Crippen molar-refractivity contribution in [1.29, 1.82) is 0 Å². The van der Waals surface area contributed by atoms with E-state index in [0.29, 0.717) is 24.7 Å². The zero-order chi connectivity index (χ0) is 21.1. The molecule has 30 heavy (non-hydrogen) atoms. The number of rotatable bonds is 5. The Morgan fingerprint density at radius 2 is 2.07 bits per heavy atom. The molecule has 3 heterocycles. The molecule has 1 fully saturated rings. The Hall–Kier alpha value is -2.80. The molecule has 0 radical (unpaired) electrons. The van der Waals surface area contributed by atoms with Crippen LogP contribution in [0.1, 0.15) is 35.3 Å². The molecule has 1 saturated heterocycles. The summed E-state index contributed by atoms with van der Waals surface area (Å²) in [5.74, 6) is 0.823. The second-order valence-electron chi connectivity index (χ2n) is 7.70. The van der Waals surface area contributed by atoms with Crippen LogP contribution in [0.4, 0.5) is 10.2 Å². The van der Waals surface area contributed by atoms with Crippen molar-refractivity contribution in [1.82, 2.24) is 14.9 Å². The third-order valence-corrected chi connectivity index (χ3v) is 6.60. The Balaban J connectivity index is 1.60. The van der Waals surface area contributed by atoms with Gasteiger partial charge in [-0.15, -0.1) is 11.3 Å². The number of nitrogens with zero attached hydrogens (tertiary/aromatic N) is 3. The number of anilines is 1. The Labute approximate surface area is 180 Å². The number of halogens is 1. The van der Waals surface area contributed by atoms with Crippen molar-refractivity contribution in [2.24, 2.45) is 5.92 Å². The van der Waals surface area contributed by atoms with Crippen LogP contribution in [-0.4, -0.2) is 39.9 Å². The number of aryl methyl sites for hydroxylation is 1. The van der Waals surface area contributed by atoms with Gasteiger partial charge >= 0.3 is 0 Å². The number of pyridine rings is 1. The Kier molecular flexibility index (Phi) is 6.08. The van der Waals surface area contributed by atoms with Gasteiger partial charge < -0.3 is 10.2 Å². The van der Waals surface area contributed by atoms with Crippen LogP contribution in [-0.2, 0) is 0 Å². The fraction of sp³-hybridized carbons (Fsp3) is 0.348. The number of thiazole rings is 1. The van der Waals surface area contributed by atoms with Crippen molar-refractivity contribution < 1.29 is 9.18 Å². The summed E-state index contributed by atoms with van der Waals surface area (Å²) in [5.41, 5.74) is 1.28.